The second kappa shape index (κ2) is 2.60. The number of hydrogen-bond acceptors (Lipinski definition) is 4. The molecule has 0 N–H and O–H groups in total. The molecule has 0 spiro atoms. The van der Waals surface area contributed by atoms with Crippen LogP contribution >= 0.6 is 0 Å². The van der Waals surface area contributed by atoms with Gasteiger partial charge in [-0.1, -0.05) is 6.92 Å². The summed E-state index contributed by atoms with van der Waals surface area (Å²) in [5.41, 5.74) is 0. The van der Waals surface area contributed by atoms with E-state index in [1.165, 1.54) is 0 Å². The maximum atomic E-state index is 10.8. The smallest absolute Gasteiger partial charge is 0.283 e. The first-order chi connectivity index (χ1) is 4.74. The molecular formula is C6H8N2O2. The molecule has 0 amide bonds. The van der Waals surface area contributed by atoms with Crippen molar-refractivity contribution in [2.75, 3.05) is 0 Å². The van der Waals surface area contributed by atoms with Gasteiger partial charge in [0.25, 0.3) is 5.89 Å². The van der Waals surface area contributed by atoms with Crippen LogP contribution < -0.4 is 0 Å². The van der Waals surface area contributed by atoms with E-state index in [2.05, 4.69) is 10.2 Å². The molecule has 0 aliphatic heterocycles. The van der Waals surface area contributed by atoms with Crippen molar-refractivity contribution in [1.29, 1.82) is 0 Å². The Balaban J connectivity index is 2.85. The van der Waals surface area contributed by atoms with Gasteiger partial charge in [-0.15, -0.1) is 10.2 Å². The van der Waals surface area contributed by atoms with Crippen molar-refractivity contribution >= 4 is 5.78 Å². The molecule has 0 bridgehead atoms. The van der Waals surface area contributed by atoms with Crippen LogP contribution in [0.3, 0.4) is 0 Å². The van der Waals surface area contributed by atoms with Crippen molar-refractivity contribution in [2.45, 2.75) is 20.3 Å². The van der Waals surface area contributed by atoms with Crippen molar-refractivity contribution in [3.05, 3.63) is 11.8 Å². The van der Waals surface area contributed by atoms with Gasteiger partial charge in [-0.05, 0) is 0 Å². The predicted molar refractivity (Wildman–Crippen MR) is 33.7 cm³/mol. The molecule has 0 saturated carbocycles. The molecule has 0 aliphatic carbocycles. The van der Waals surface area contributed by atoms with Crippen LogP contribution in [0.15, 0.2) is 4.42 Å². The monoisotopic (exact) mass is 140 g/mol. The minimum Gasteiger partial charge on any atom is -0.419 e. The summed E-state index contributed by atoms with van der Waals surface area (Å²) >= 11 is 0. The zero-order chi connectivity index (χ0) is 7.56. The van der Waals surface area contributed by atoms with Crippen LogP contribution in [-0.4, -0.2) is 16.0 Å². The summed E-state index contributed by atoms with van der Waals surface area (Å²) in [4.78, 5) is 10.8. The molecule has 0 radical (unpaired) electrons. The molecule has 10 heavy (non-hydrogen) atoms. The van der Waals surface area contributed by atoms with Gasteiger partial charge in [0.2, 0.25) is 11.7 Å². The highest BCUT2D eigenvalue weighted by molar-refractivity contribution is 5.91. The minimum absolute atomic E-state index is 0.111. The average Bonchev–Trinajstić information content (AvgIpc) is 2.34. The van der Waals surface area contributed by atoms with Crippen LogP contribution in [0.2, 0.25) is 0 Å². The Kier molecular flexibility index (Phi) is 1.80. The summed E-state index contributed by atoms with van der Waals surface area (Å²) in [6.07, 6.45) is 0.404. The number of hydrogen-bond donors (Lipinski definition) is 0. The lowest BCUT2D eigenvalue weighted by Crippen LogP contribution is -1.95. The van der Waals surface area contributed by atoms with Gasteiger partial charge in [0.05, 0.1) is 0 Å². The third-order valence-corrected chi connectivity index (χ3v) is 1.09. The lowest BCUT2D eigenvalue weighted by atomic mass is 10.3. The van der Waals surface area contributed by atoms with Crippen molar-refractivity contribution < 1.29 is 9.21 Å². The van der Waals surface area contributed by atoms with E-state index in [4.69, 9.17) is 4.42 Å². The predicted octanol–water partition coefficient (Wildman–Crippen LogP) is 0.971. The molecule has 0 aliphatic rings. The first-order valence-corrected chi connectivity index (χ1v) is 3.07. The summed E-state index contributed by atoms with van der Waals surface area (Å²) in [5, 5.41) is 7.07. The topological polar surface area (TPSA) is 56.0 Å². The third-order valence-electron chi connectivity index (χ3n) is 1.09. The van der Waals surface area contributed by atoms with Gasteiger partial charge < -0.3 is 4.42 Å². The largest absolute Gasteiger partial charge is 0.419 e. The van der Waals surface area contributed by atoms with Gasteiger partial charge >= 0.3 is 0 Å². The maximum absolute atomic E-state index is 10.8. The van der Waals surface area contributed by atoms with Crippen LogP contribution in [0, 0.1) is 6.92 Å². The Morgan fingerprint density at radius 3 is 2.70 bits per heavy atom. The molecule has 0 unspecified atom stereocenters. The van der Waals surface area contributed by atoms with Gasteiger partial charge in [0, 0.05) is 13.3 Å². The van der Waals surface area contributed by atoms with Crippen molar-refractivity contribution in [3.8, 4) is 0 Å². The number of aryl methyl sites for hydroxylation is 1. The van der Waals surface area contributed by atoms with Crippen LogP contribution in [0.5, 0.6) is 0 Å². The highest BCUT2D eigenvalue weighted by Gasteiger charge is 2.09. The van der Waals surface area contributed by atoms with Gasteiger partial charge in [-0.2, -0.15) is 0 Å². The molecule has 4 heteroatoms. The van der Waals surface area contributed by atoms with Crippen LogP contribution in [-0.2, 0) is 0 Å². The quantitative estimate of drug-likeness (QED) is 0.574. The summed E-state index contributed by atoms with van der Waals surface area (Å²) in [5.74, 6) is 0.428. The summed E-state index contributed by atoms with van der Waals surface area (Å²) in [6.45, 7) is 3.40. The van der Waals surface area contributed by atoms with Crippen molar-refractivity contribution in [1.82, 2.24) is 10.2 Å². The SMILES string of the molecule is CCC(=O)c1nnc(C)o1. The van der Waals surface area contributed by atoms with E-state index in [0.717, 1.165) is 0 Å². The normalized spacial score (nSPS) is 9.80. The van der Waals surface area contributed by atoms with E-state index >= 15 is 0 Å². The van der Waals surface area contributed by atoms with E-state index in [-0.39, 0.29) is 11.7 Å². The van der Waals surface area contributed by atoms with E-state index in [0.29, 0.717) is 12.3 Å². The first kappa shape index (κ1) is 6.92. The first-order valence-electron chi connectivity index (χ1n) is 3.07. The van der Waals surface area contributed by atoms with E-state index in [1.807, 2.05) is 0 Å². The number of Topliss-reactive ketones (excluding diaryl/α,β-unsaturated/α-hetero) is 1. The standard InChI is InChI=1S/C6H8N2O2/c1-3-5(9)6-8-7-4(2)10-6/h3H2,1-2H3. The van der Waals surface area contributed by atoms with Gasteiger partial charge in [0.15, 0.2) is 0 Å². The highest BCUT2D eigenvalue weighted by Crippen LogP contribution is 2.00. The van der Waals surface area contributed by atoms with Gasteiger partial charge in [-0.3, -0.25) is 4.79 Å². The second-order valence-electron chi connectivity index (χ2n) is 1.90. The fraction of sp³-hybridized carbons (Fsp3) is 0.500. The van der Waals surface area contributed by atoms with Gasteiger partial charge in [0.1, 0.15) is 0 Å². The number of nitrogens with zero attached hydrogens (tertiary/aromatic N) is 2. The Bertz CT molecular complexity index is 242. The van der Waals surface area contributed by atoms with Crippen molar-refractivity contribution in [3.63, 3.8) is 0 Å². The molecule has 0 saturated heterocycles. The summed E-state index contributed by atoms with van der Waals surface area (Å²) in [7, 11) is 0. The highest BCUT2D eigenvalue weighted by atomic mass is 16.4. The molecule has 4 nitrogen and oxygen atoms in total. The lowest BCUT2D eigenvalue weighted by Gasteiger charge is -1.83. The number of carbonyl (C=O) groups excluding carboxylic acids is 1. The Morgan fingerprint density at radius 2 is 2.30 bits per heavy atom. The summed E-state index contributed by atoms with van der Waals surface area (Å²) < 4.78 is 4.86. The van der Waals surface area contributed by atoms with Gasteiger partial charge in [-0.25, -0.2) is 0 Å². The van der Waals surface area contributed by atoms with Crippen LogP contribution in [0.25, 0.3) is 0 Å². The minimum atomic E-state index is -0.111. The van der Waals surface area contributed by atoms with Crippen LogP contribution in [0.4, 0.5) is 0 Å². The second-order valence-corrected chi connectivity index (χ2v) is 1.90. The fourth-order valence-corrected chi connectivity index (χ4v) is 0.560. The molecule has 1 heterocycles. The van der Waals surface area contributed by atoms with E-state index in [1.54, 1.807) is 13.8 Å². The number of carbonyl (C=O) groups is 1. The number of ketones is 1. The molecule has 0 aromatic carbocycles. The number of rotatable bonds is 2. The Morgan fingerprint density at radius 1 is 1.60 bits per heavy atom. The maximum Gasteiger partial charge on any atom is 0.283 e. The Hall–Kier alpha value is -1.19. The molecule has 54 valence electrons. The molecular weight excluding hydrogens is 132 g/mol. The molecule has 1 aromatic heterocycles. The average molecular weight is 140 g/mol. The zero-order valence-electron chi connectivity index (χ0n) is 5.92. The zero-order valence-corrected chi connectivity index (χ0v) is 5.92. The molecule has 1 aromatic rings. The van der Waals surface area contributed by atoms with Crippen LogP contribution in [0.1, 0.15) is 29.9 Å². The molecule has 0 fully saturated rings. The van der Waals surface area contributed by atoms with E-state index in [9.17, 15) is 4.79 Å². The number of aromatic nitrogens is 2. The van der Waals surface area contributed by atoms with E-state index < -0.39 is 0 Å². The summed E-state index contributed by atoms with van der Waals surface area (Å²) in [6, 6.07) is 0. The molecule has 0 atom stereocenters. The van der Waals surface area contributed by atoms with Crippen molar-refractivity contribution in [2.24, 2.45) is 0 Å². The molecule has 1 rings (SSSR count). The fourth-order valence-electron chi connectivity index (χ4n) is 0.560. The lowest BCUT2D eigenvalue weighted by molar-refractivity contribution is 0.0953. The Labute approximate surface area is 58.3 Å². The third kappa shape index (κ3) is 1.21.